The van der Waals surface area contributed by atoms with E-state index >= 15 is 0 Å². The standard InChI is InChI=1S/C18H25N3O3/c1-13-5-6-15(14(2)9-13)19-16(22)10-21-8-4-7-18(12-21)11-20(3)17(23)24-18/h5-6,9H,4,7-8,10-12H2,1-3H3,(H,19,22)/t18-/m1/s1. The average Bonchev–Trinajstić information content (AvgIpc) is 2.76. The molecule has 0 bridgehead atoms. The number of carbonyl (C=O) groups excluding carboxylic acids is 2. The van der Waals surface area contributed by atoms with Crippen LogP contribution in [0.25, 0.3) is 0 Å². The largest absolute Gasteiger partial charge is 0.440 e. The molecule has 130 valence electrons. The molecule has 0 saturated carbocycles. The van der Waals surface area contributed by atoms with Crippen LogP contribution in [0.15, 0.2) is 18.2 Å². The quantitative estimate of drug-likeness (QED) is 0.922. The molecule has 6 heteroatoms. The molecule has 2 heterocycles. The van der Waals surface area contributed by atoms with Crippen LogP contribution in [-0.2, 0) is 9.53 Å². The molecule has 1 aromatic rings. The van der Waals surface area contributed by atoms with E-state index in [9.17, 15) is 9.59 Å². The van der Waals surface area contributed by atoms with Gasteiger partial charge in [-0.15, -0.1) is 0 Å². The Kier molecular flexibility index (Phi) is 4.49. The number of benzene rings is 1. The lowest BCUT2D eigenvalue weighted by Crippen LogP contribution is -2.52. The maximum atomic E-state index is 12.4. The Balaban J connectivity index is 1.59. The zero-order valence-corrected chi connectivity index (χ0v) is 14.6. The van der Waals surface area contributed by atoms with Crippen molar-refractivity contribution in [1.29, 1.82) is 0 Å². The molecule has 6 nitrogen and oxygen atoms in total. The average molecular weight is 331 g/mol. The minimum absolute atomic E-state index is 0.0309. The normalized spacial score (nSPS) is 24.3. The number of nitrogens with zero attached hydrogens (tertiary/aromatic N) is 2. The zero-order chi connectivity index (χ0) is 17.3. The number of rotatable bonds is 3. The summed E-state index contributed by atoms with van der Waals surface area (Å²) in [6.45, 7) is 6.40. The van der Waals surface area contributed by atoms with Crippen molar-refractivity contribution in [3.05, 3.63) is 29.3 Å². The van der Waals surface area contributed by atoms with Gasteiger partial charge in [0, 0.05) is 19.3 Å². The Hall–Kier alpha value is -2.08. The van der Waals surface area contributed by atoms with E-state index in [0.717, 1.165) is 30.6 Å². The molecule has 3 rings (SSSR count). The molecule has 1 aromatic carbocycles. The number of hydrogen-bond donors (Lipinski definition) is 1. The molecular formula is C18H25N3O3. The summed E-state index contributed by atoms with van der Waals surface area (Å²) in [5.41, 5.74) is 2.63. The highest BCUT2D eigenvalue weighted by Crippen LogP contribution is 2.31. The summed E-state index contributed by atoms with van der Waals surface area (Å²) < 4.78 is 5.58. The Morgan fingerprint density at radius 2 is 2.12 bits per heavy atom. The second kappa shape index (κ2) is 6.43. The van der Waals surface area contributed by atoms with E-state index in [2.05, 4.69) is 16.3 Å². The summed E-state index contributed by atoms with van der Waals surface area (Å²) in [7, 11) is 1.75. The molecule has 0 unspecified atom stereocenters. The van der Waals surface area contributed by atoms with Crippen LogP contribution in [0.1, 0.15) is 24.0 Å². The van der Waals surface area contributed by atoms with Gasteiger partial charge < -0.3 is 15.0 Å². The molecule has 0 aromatic heterocycles. The number of carbonyl (C=O) groups is 2. The van der Waals surface area contributed by atoms with Crippen LogP contribution >= 0.6 is 0 Å². The lowest BCUT2D eigenvalue weighted by Gasteiger charge is -2.37. The maximum Gasteiger partial charge on any atom is 0.410 e. The van der Waals surface area contributed by atoms with Gasteiger partial charge in [0.05, 0.1) is 13.1 Å². The lowest BCUT2D eigenvalue weighted by atomic mass is 9.93. The minimum Gasteiger partial charge on any atom is -0.440 e. The topological polar surface area (TPSA) is 61.9 Å². The maximum absolute atomic E-state index is 12.4. The van der Waals surface area contributed by atoms with Crippen LogP contribution in [0.4, 0.5) is 10.5 Å². The number of aryl methyl sites for hydroxylation is 2. The number of nitrogens with one attached hydrogen (secondary N) is 1. The first kappa shape index (κ1) is 16.8. The Labute approximate surface area is 142 Å². The van der Waals surface area contributed by atoms with Gasteiger partial charge in [-0.05, 0) is 44.9 Å². The fourth-order valence-electron chi connectivity index (χ4n) is 3.68. The van der Waals surface area contributed by atoms with E-state index in [4.69, 9.17) is 4.74 Å². The predicted molar refractivity (Wildman–Crippen MR) is 92.1 cm³/mol. The van der Waals surface area contributed by atoms with Crippen molar-refractivity contribution in [3.63, 3.8) is 0 Å². The number of likely N-dealkylation sites (tertiary alicyclic amines) is 1. The van der Waals surface area contributed by atoms with Crippen LogP contribution in [0.2, 0.25) is 0 Å². The van der Waals surface area contributed by atoms with E-state index in [1.54, 1.807) is 11.9 Å². The Morgan fingerprint density at radius 3 is 2.79 bits per heavy atom. The summed E-state index contributed by atoms with van der Waals surface area (Å²) >= 11 is 0. The molecule has 1 spiro atoms. The van der Waals surface area contributed by atoms with Crippen LogP contribution in [-0.4, -0.2) is 60.6 Å². The summed E-state index contributed by atoms with van der Waals surface area (Å²) in [6, 6.07) is 5.99. The third-order valence-electron chi connectivity index (χ3n) is 4.78. The van der Waals surface area contributed by atoms with E-state index in [0.29, 0.717) is 19.6 Å². The molecule has 2 saturated heterocycles. The van der Waals surface area contributed by atoms with Crippen LogP contribution in [0.5, 0.6) is 0 Å². The summed E-state index contributed by atoms with van der Waals surface area (Å²) in [5, 5.41) is 2.98. The molecule has 2 aliphatic rings. The van der Waals surface area contributed by atoms with Gasteiger partial charge in [-0.25, -0.2) is 4.79 Å². The molecule has 0 aliphatic carbocycles. The molecule has 2 amide bonds. The molecular weight excluding hydrogens is 306 g/mol. The van der Waals surface area contributed by atoms with Crippen molar-refractivity contribution >= 4 is 17.7 Å². The molecule has 1 atom stereocenters. The number of hydrogen-bond acceptors (Lipinski definition) is 4. The number of anilines is 1. The van der Waals surface area contributed by atoms with E-state index in [1.807, 2.05) is 26.0 Å². The van der Waals surface area contributed by atoms with Crippen LogP contribution in [0.3, 0.4) is 0 Å². The fraction of sp³-hybridized carbons (Fsp3) is 0.556. The molecule has 2 fully saturated rings. The molecule has 24 heavy (non-hydrogen) atoms. The highest BCUT2D eigenvalue weighted by Gasteiger charge is 2.46. The predicted octanol–water partition coefficient (Wildman–Crippen LogP) is 2.16. The van der Waals surface area contributed by atoms with E-state index in [1.165, 1.54) is 5.56 Å². The number of amides is 2. The van der Waals surface area contributed by atoms with Gasteiger partial charge >= 0.3 is 6.09 Å². The second-order valence-electron chi connectivity index (χ2n) is 7.09. The lowest BCUT2D eigenvalue weighted by molar-refractivity contribution is -0.118. The first-order valence-corrected chi connectivity index (χ1v) is 8.40. The third-order valence-corrected chi connectivity index (χ3v) is 4.78. The third kappa shape index (κ3) is 3.53. The van der Waals surface area contributed by atoms with Crippen molar-refractivity contribution in [3.8, 4) is 0 Å². The Morgan fingerprint density at radius 1 is 1.33 bits per heavy atom. The van der Waals surface area contributed by atoms with Gasteiger partial charge in [-0.1, -0.05) is 17.7 Å². The summed E-state index contributed by atoms with van der Waals surface area (Å²) in [5.74, 6) is -0.0309. The zero-order valence-electron chi connectivity index (χ0n) is 14.6. The summed E-state index contributed by atoms with van der Waals surface area (Å²) in [6.07, 6.45) is 1.52. The van der Waals surface area contributed by atoms with Crippen LogP contribution < -0.4 is 5.32 Å². The number of ether oxygens (including phenoxy) is 1. The van der Waals surface area contributed by atoms with Crippen molar-refractivity contribution in [2.45, 2.75) is 32.3 Å². The number of piperidine rings is 1. The second-order valence-corrected chi connectivity index (χ2v) is 7.09. The van der Waals surface area contributed by atoms with Gasteiger partial charge in [-0.3, -0.25) is 9.69 Å². The first-order valence-electron chi connectivity index (χ1n) is 8.40. The van der Waals surface area contributed by atoms with Gasteiger partial charge in [-0.2, -0.15) is 0 Å². The van der Waals surface area contributed by atoms with Crippen molar-refractivity contribution in [2.75, 3.05) is 38.5 Å². The highest BCUT2D eigenvalue weighted by molar-refractivity contribution is 5.93. The van der Waals surface area contributed by atoms with Gasteiger partial charge in [0.15, 0.2) is 0 Å². The number of likely N-dealkylation sites (N-methyl/N-ethyl adjacent to an activating group) is 1. The fourth-order valence-corrected chi connectivity index (χ4v) is 3.68. The van der Waals surface area contributed by atoms with Crippen molar-refractivity contribution in [1.82, 2.24) is 9.80 Å². The van der Waals surface area contributed by atoms with Crippen molar-refractivity contribution < 1.29 is 14.3 Å². The van der Waals surface area contributed by atoms with Gasteiger partial charge in [0.1, 0.15) is 5.60 Å². The van der Waals surface area contributed by atoms with E-state index in [-0.39, 0.29) is 12.0 Å². The van der Waals surface area contributed by atoms with Crippen molar-refractivity contribution in [2.24, 2.45) is 0 Å². The summed E-state index contributed by atoms with van der Waals surface area (Å²) in [4.78, 5) is 27.8. The monoisotopic (exact) mass is 331 g/mol. The molecule has 2 aliphatic heterocycles. The highest BCUT2D eigenvalue weighted by atomic mass is 16.6. The minimum atomic E-state index is -0.454. The SMILES string of the molecule is Cc1ccc(NC(=O)CN2CCC[C@]3(C2)CN(C)C(=O)O3)c(C)c1. The van der Waals surface area contributed by atoms with Crippen LogP contribution in [0, 0.1) is 13.8 Å². The Bertz CT molecular complexity index is 661. The van der Waals surface area contributed by atoms with Gasteiger partial charge in [0.25, 0.3) is 0 Å². The van der Waals surface area contributed by atoms with Gasteiger partial charge in [0.2, 0.25) is 5.91 Å². The van der Waals surface area contributed by atoms with E-state index < -0.39 is 5.60 Å². The first-order chi connectivity index (χ1) is 11.4. The smallest absolute Gasteiger partial charge is 0.410 e. The molecule has 0 radical (unpaired) electrons. The molecule has 1 N–H and O–H groups in total.